The number of aromatic nitrogens is 2. The quantitative estimate of drug-likeness (QED) is 0.735. The fraction of sp³-hybridized carbons (Fsp3) is 0.600. The molecule has 2 atom stereocenters. The predicted octanol–water partition coefficient (Wildman–Crippen LogP) is 1.45. The molecule has 0 radical (unpaired) electrons. The first-order chi connectivity index (χ1) is 7.36. The lowest BCUT2D eigenvalue weighted by atomic mass is 10.2. The molecule has 4 nitrogen and oxygen atoms in total. The maximum atomic E-state index is 5.56. The minimum absolute atomic E-state index is 0.521. The minimum atomic E-state index is 0.521. The molecule has 0 saturated carbocycles. The van der Waals surface area contributed by atoms with Crippen LogP contribution in [0.15, 0.2) is 12.5 Å². The number of rotatable bonds is 1. The first kappa shape index (κ1) is 9.77. The normalized spacial score (nSPS) is 29.5. The number of nitrogens with zero attached hydrogens (tertiary/aromatic N) is 3. The van der Waals surface area contributed by atoms with Gasteiger partial charge in [0, 0.05) is 6.20 Å². The highest BCUT2D eigenvalue weighted by molar-refractivity contribution is 14.1. The van der Waals surface area contributed by atoms with Crippen LogP contribution in [0.3, 0.4) is 0 Å². The summed E-state index contributed by atoms with van der Waals surface area (Å²) in [5.74, 6) is 1.08. The number of halogens is 1. The predicted molar refractivity (Wildman–Crippen MR) is 64.9 cm³/mol. The van der Waals surface area contributed by atoms with Crippen LogP contribution in [-0.4, -0.2) is 35.3 Å². The molecule has 2 fully saturated rings. The Balaban J connectivity index is 1.97. The number of fused-ring (bicyclic) bond motifs is 2. The Hall–Kier alpha value is -0.430. The van der Waals surface area contributed by atoms with Gasteiger partial charge in [0.1, 0.15) is 12.1 Å². The summed E-state index contributed by atoms with van der Waals surface area (Å²) in [4.78, 5) is 10.9. The zero-order valence-corrected chi connectivity index (χ0v) is 10.4. The number of morpholine rings is 1. The average molecular weight is 317 g/mol. The van der Waals surface area contributed by atoms with Crippen molar-refractivity contribution in [2.45, 2.75) is 24.9 Å². The number of hydrogen-bond acceptors (Lipinski definition) is 4. The lowest BCUT2D eigenvalue weighted by molar-refractivity contribution is 0.0901. The van der Waals surface area contributed by atoms with E-state index in [1.807, 2.05) is 6.20 Å². The molecule has 0 N–H and O–H groups in total. The summed E-state index contributed by atoms with van der Waals surface area (Å²) >= 11 is 2.30. The second-order valence-corrected chi connectivity index (χ2v) is 5.19. The number of ether oxygens (including phenoxy) is 1. The Morgan fingerprint density at radius 2 is 2.07 bits per heavy atom. The number of hydrogen-bond donors (Lipinski definition) is 0. The third-order valence-corrected chi connectivity index (χ3v) is 3.89. The summed E-state index contributed by atoms with van der Waals surface area (Å²) in [5, 5.41) is 0. The van der Waals surface area contributed by atoms with Gasteiger partial charge in [0.2, 0.25) is 0 Å². The molecule has 3 rings (SSSR count). The van der Waals surface area contributed by atoms with Gasteiger partial charge in [-0.15, -0.1) is 0 Å². The van der Waals surface area contributed by atoms with Crippen LogP contribution in [0.2, 0.25) is 0 Å². The van der Waals surface area contributed by atoms with Gasteiger partial charge in [0.25, 0.3) is 0 Å². The SMILES string of the molecule is Ic1cncnc1N1C2CCC1COC2. The van der Waals surface area contributed by atoms with Crippen LogP contribution in [0.4, 0.5) is 5.82 Å². The summed E-state index contributed by atoms with van der Waals surface area (Å²) < 4.78 is 6.69. The molecule has 1 aromatic rings. The van der Waals surface area contributed by atoms with Crippen LogP contribution in [0.1, 0.15) is 12.8 Å². The van der Waals surface area contributed by atoms with E-state index in [2.05, 4.69) is 37.5 Å². The Bertz CT molecular complexity index is 357. The molecule has 15 heavy (non-hydrogen) atoms. The van der Waals surface area contributed by atoms with E-state index >= 15 is 0 Å². The molecule has 2 aliphatic heterocycles. The van der Waals surface area contributed by atoms with Gasteiger partial charge < -0.3 is 9.64 Å². The monoisotopic (exact) mass is 317 g/mol. The van der Waals surface area contributed by atoms with E-state index in [1.54, 1.807) is 6.33 Å². The highest BCUT2D eigenvalue weighted by Crippen LogP contribution is 2.34. The Morgan fingerprint density at radius 3 is 2.73 bits per heavy atom. The summed E-state index contributed by atoms with van der Waals surface area (Å²) in [6.45, 7) is 1.69. The zero-order valence-electron chi connectivity index (χ0n) is 8.27. The first-order valence-electron chi connectivity index (χ1n) is 5.18. The molecular formula is C10H12IN3O. The maximum Gasteiger partial charge on any atom is 0.146 e. The standard InChI is InChI=1S/C10H12IN3O/c11-9-3-12-6-13-10(9)14-7-1-2-8(14)5-15-4-7/h3,6-8H,1-2,4-5H2. The molecule has 0 aromatic carbocycles. The van der Waals surface area contributed by atoms with Gasteiger partial charge in [-0.25, -0.2) is 9.97 Å². The van der Waals surface area contributed by atoms with Crippen LogP contribution in [-0.2, 0) is 4.74 Å². The molecule has 0 amide bonds. The highest BCUT2D eigenvalue weighted by atomic mass is 127. The van der Waals surface area contributed by atoms with E-state index in [9.17, 15) is 0 Å². The van der Waals surface area contributed by atoms with Crippen LogP contribution in [0.5, 0.6) is 0 Å². The molecule has 3 heterocycles. The van der Waals surface area contributed by atoms with E-state index in [4.69, 9.17) is 4.74 Å². The average Bonchev–Trinajstić information content (AvgIpc) is 2.50. The van der Waals surface area contributed by atoms with E-state index in [0.717, 1.165) is 22.6 Å². The molecule has 2 saturated heterocycles. The van der Waals surface area contributed by atoms with E-state index in [-0.39, 0.29) is 0 Å². The zero-order chi connectivity index (χ0) is 10.3. The van der Waals surface area contributed by atoms with Gasteiger partial charge in [-0.3, -0.25) is 0 Å². The van der Waals surface area contributed by atoms with Crippen molar-refractivity contribution >= 4 is 28.4 Å². The van der Waals surface area contributed by atoms with Crippen molar-refractivity contribution in [3.63, 3.8) is 0 Å². The largest absolute Gasteiger partial charge is 0.377 e. The maximum absolute atomic E-state index is 5.56. The van der Waals surface area contributed by atoms with Crippen LogP contribution >= 0.6 is 22.6 Å². The molecule has 5 heteroatoms. The summed E-state index contributed by atoms with van der Waals surface area (Å²) in [5.41, 5.74) is 0. The summed E-state index contributed by atoms with van der Waals surface area (Å²) in [6.07, 6.45) is 5.96. The second-order valence-electron chi connectivity index (χ2n) is 4.02. The fourth-order valence-corrected chi connectivity index (χ4v) is 3.05. The van der Waals surface area contributed by atoms with Crippen molar-refractivity contribution in [2.24, 2.45) is 0 Å². The Labute approximate surface area is 102 Å². The Morgan fingerprint density at radius 1 is 1.33 bits per heavy atom. The molecule has 0 spiro atoms. The van der Waals surface area contributed by atoms with Gasteiger partial charge in [0.15, 0.2) is 0 Å². The molecule has 2 aliphatic rings. The third kappa shape index (κ3) is 1.61. The topological polar surface area (TPSA) is 38.2 Å². The second kappa shape index (κ2) is 3.86. The summed E-state index contributed by atoms with van der Waals surface area (Å²) in [6, 6.07) is 1.04. The molecule has 80 valence electrons. The van der Waals surface area contributed by atoms with Crippen molar-refractivity contribution in [3.05, 3.63) is 16.1 Å². The molecule has 2 bridgehead atoms. The van der Waals surface area contributed by atoms with Crippen LogP contribution < -0.4 is 4.90 Å². The van der Waals surface area contributed by atoms with E-state index in [0.29, 0.717) is 12.1 Å². The van der Waals surface area contributed by atoms with Gasteiger partial charge in [-0.1, -0.05) is 0 Å². The molecule has 2 unspecified atom stereocenters. The highest BCUT2D eigenvalue weighted by Gasteiger charge is 2.38. The number of anilines is 1. The van der Waals surface area contributed by atoms with Gasteiger partial charge in [-0.2, -0.15) is 0 Å². The Kier molecular flexibility index (Phi) is 2.51. The van der Waals surface area contributed by atoms with Crippen LogP contribution in [0.25, 0.3) is 0 Å². The molecule has 0 aliphatic carbocycles. The van der Waals surface area contributed by atoms with Crippen molar-refractivity contribution < 1.29 is 4.74 Å². The van der Waals surface area contributed by atoms with Gasteiger partial charge >= 0.3 is 0 Å². The van der Waals surface area contributed by atoms with Crippen molar-refractivity contribution in [1.29, 1.82) is 0 Å². The van der Waals surface area contributed by atoms with E-state index < -0.39 is 0 Å². The lowest BCUT2D eigenvalue weighted by Gasteiger charge is -2.35. The molecule has 1 aromatic heterocycles. The molecular weight excluding hydrogens is 305 g/mol. The van der Waals surface area contributed by atoms with Gasteiger partial charge in [-0.05, 0) is 35.4 Å². The van der Waals surface area contributed by atoms with Crippen LogP contribution in [0, 0.1) is 3.57 Å². The third-order valence-electron chi connectivity index (χ3n) is 3.13. The first-order valence-corrected chi connectivity index (χ1v) is 6.25. The smallest absolute Gasteiger partial charge is 0.146 e. The van der Waals surface area contributed by atoms with Crippen molar-refractivity contribution in [3.8, 4) is 0 Å². The van der Waals surface area contributed by atoms with Crippen molar-refractivity contribution in [1.82, 2.24) is 9.97 Å². The minimum Gasteiger partial charge on any atom is -0.377 e. The lowest BCUT2D eigenvalue weighted by Crippen LogP contribution is -2.46. The van der Waals surface area contributed by atoms with Crippen molar-refractivity contribution in [2.75, 3.05) is 18.1 Å². The van der Waals surface area contributed by atoms with E-state index in [1.165, 1.54) is 12.8 Å². The summed E-state index contributed by atoms with van der Waals surface area (Å²) in [7, 11) is 0. The fourth-order valence-electron chi connectivity index (χ4n) is 2.47. The van der Waals surface area contributed by atoms with Gasteiger partial charge in [0.05, 0.1) is 28.9 Å².